The van der Waals surface area contributed by atoms with Gasteiger partial charge in [0.05, 0.1) is 11.7 Å². The van der Waals surface area contributed by atoms with Crippen LogP contribution >= 0.6 is 0 Å². The van der Waals surface area contributed by atoms with Gasteiger partial charge < -0.3 is 5.11 Å². The molecule has 0 bridgehead atoms. The van der Waals surface area contributed by atoms with Crippen molar-refractivity contribution in [2.75, 3.05) is 0 Å². The Kier molecular flexibility index (Phi) is 3.91. The Hall–Kier alpha value is -1.10. The van der Waals surface area contributed by atoms with E-state index < -0.39 is 24.0 Å². The lowest BCUT2D eigenvalue weighted by Crippen LogP contribution is -2.20. The highest BCUT2D eigenvalue weighted by Gasteiger charge is 2.30. The Morgan fingerprint density at radius 2 is 1.94 bits per heavy atom. The van der Waals surface area contributed by atoms with E-state index in [0.717, 1.165) is 12.1 Å². The predicted octanol–water partition coefficient (Wildman–Crippen LogP) is 2.97. The fourth-order valence-corrected chi connectivity index (χ4v) is 1.27. The zero-order chi connectivity index (χ0) is 12.3. The molecule has 0 fully saturated rings. The highest BCUT2D eigenvalue weighted by molar-refractivity contribution is 5.26. The van der Waals surface area contributed by atoms with Crippen LogP contribution in [-0.4, -0.2) is 17.4 Å². The molecule has 16 heavy (non-hydrogen) atoms. The summed E-state index contributed by atoms with van der Waals surface area (Å²) in [6.45, 7) is 1.26. The zero-order valence-corrected chi connectivity index (χ0v) is 8.63. The summed E-state index contributed by atoms with van der Waals surface area (Å²) in [6, 6.07) is 4.46. The molecule has 0 aliphatic carbocycles. The van der Waals surface area contributed by atoms with Crippen molar-refractivity contribution in [2.24, 2.45) is 0 Å². The fraction of sp³-hybridized carbons (Fsp3) is 0.455. The minimum atomic E-state index is -4.42. The van der Waals surface area contributed by atoms with E-state index in [1.807, 2.05) is 0 Å². The van der Waals surface area contributed by atoms with Crippen molar-refractivity contribution in [3.63, 3.8) is 0 Å². The predicted molar refractivity (Wildman–Crippen MR) is 51.7 cm³/mol. The Balaban J connectivity index is 2.83. The first-order chi connectivity index (χ1) is 7.30. The number of hydrogen-bond acceptors (Lipinski definition) is 1. The highest BCUT2D eigenvalue weighted by Crippen LogP contribution is 2.29. The van der Waals surface area contributed by atoms with Crippen molar-refractivity contribution in [3.8, 4) is 0 Å². The highest BCUT2D eigenvalue weighted by atomic mass is 19.4. The number of benzene rings is 1. The number of rotatable bonds is 3. The molecule has 0 saturated heterocycles. The molecule has 0 amide bonds. The third-order valence-electron chi connectivity index (χ3n) is 2.21. The fourth-order valence-electron chi connectivity index (χ4n) is 1.27. The monoisotopic (exact) mass is 236 g/mol. The molecule has 0 aliphatic heterocycles. The number of aliphatic hydroxyl groups is 1. The summed E-state index contributed by atoms with van der Waals surface area (Å²) in [4.78, 5) is 0. The standard InChI is InChI=1S/C11H12F4O/c1-7(16)10(12)6-8-3-2-4-9(5-8)11(13,14)15/h2-5,7,10,16H,6H2,1H3. The van der Waals surface area contributed by atoms with Crippen molar-refractivity contribution in [3.05, 3.63) is 35.4 Å². The molecule has 2 unspecified atom stereocenters. The molecule has 0 aromatic heterocycles. The van der Waals surface area contributed by atoms with Crippen LogP contribution in [0.4, 0.5) is 17.6 Å². The van der Waals surface area contributed by atoms with Gasteiger partial charge in [0.1, 0.15) is 6.17 Å². The van der Waals surface area contributed by atoms with Crippen LogP contribution in [0.1, 0.15) is 18.1 Å². The average molecular weight is 236 g/mol. The summed E-state index contributed by atoms with van der Waals surface area (Å²) in [7, 11) is 0. The number of hydrogen-bond donors (Lipinski definition) is 1. The molecule has 0 aliphatic rings. The third kappa shape index (κ3) is 3.48. The van der Waals surface area contributed by atoms with E-state index in [4.69, 9.17) is 5.11 Å². The van der Waals surface area contributed by atoms with E-state index in [9.17, 15) is 17.6 Å². The lowest BCUT2D eigenvalue weighted by Gasteiger charge is -2.12. The van der Waals surface area contributed by atoms with Gasteiger partial charge in [-0.05, 0) is 18.6 Å². The van der Waals surface area contributed by atoms with Crippen LogP contribution in [0.2, 0.25) is 0 Å². The van der Waals surface area contributed by atoms with E-state index >= 15 is 0 Å². The van der Waals surface area contributed by atoms with E-state index in [1.54, 1.807) is 0 Å². The maximum absolute atomic E-state index is 13.1. The second kappa shape index (κ2) is 4.82. The van der Waals surface area contributed by atoms with Gasteiger partial charge in [-0.3, -0.25) is 0 Å². The van der Waals surface area contributed by atoms with Gasteiger partial charge in [0, 0.05) is 6.42 Å². The van der Waals surface area contributed by atoms with E-state index in [2.05, 4.69) is 0 Å². The molecule has 0 heterocycles. The van der Waals surface area contributed by atoms with Crippen LogP contribution in [0, 0.1) is 0 Å². The smallest absolute Gasteiger partial charge is 0.390 e. The first kappa shape index (κ1) is 13.0. The molecule has 1 aromatic rings. The molecule has 1 nitrogen and oxygen atoms in total. The largest absolute Gasteiger partial charge is 0.416 e. The molecule has 0 saturated carbocycles. The second-order valence-corrected chi connectivity index (χ2v) is 3.66. The maximum Gasteiger partial charge on any atom is 0.416 e. The molecule has 1 aromatic carbocycles. The van der Waals surface area contributed by atoms with Crippen molar-refractivity contribution in [2.45, 2.75) is 31.8 Å². The van der Waals surface area contributed by atoms with Gasteiger partial charge in [0.15, 0.2) is 0 Å². The minimum absolute atomic E-state index is 0.221. The third-order valence-corrected chi connectivity index (χ3v) is 2.21. The lowest BCUT2D eigenvalue weighted by atomic mass is 10.0. The van der Waals surface area contributed by atoms with Crippen molar-refractivity contribution >= 4 is 0 Å². The number of aliphatic hydroxyl groups excluding tert-OH is 1. The average Bonchev–Trinajstić information content (AvgIpc) is 2.16. The molecular weight excluding hydrogens is 224 g/mol. The quantitative estimate of drug-likeness (QED) is 0.800. The first-order valence-electron chi connectivity index (χ1n) is 4.79. The number of halogens is 4. The molecule has 0 radical (unpaired) electrons. The van der Waals surface area contributed by atoms with Gasteiger partial charge >= 0.3 is 6.18 Å². The van der Waals surface area contributed by atoms with Crippen LogP contribution in [0.25, 0.3) is 0 Å². The van der Waals surface area contributed by atoms with Crippen LogP contribution in [0.5, 0.6) is 0 Å². The normalized spacial score (nSPS) is 15.9. The Morgan fingerprint density at radius 3 is 2.44 bits per heavy atom. The van der Waals surface area contributed by atoms with Crippen molar-refractivity contribution < 1.29 is 22.7 Å². The molecule has 90 valence electrons. The van der Waals surface area contributed by atoms with E-state index in [-0.39, 0.29) is 12.0 Å². The topological polar surface area (TPSA) is 20.2 Å². The summed E-state index contributed by atoms with van der Waals surface area (Å²) in [6.07, 6.45) is -7.38. The summed E-state index contributed by atoms with van der Waals surface area (Å²) in [5, 5.41) is 8.91. The summed E-state index contributed by atoms with van der Waals surface area (Å²) < 4.78 is 50.1. The van der Waals surface area contributed by atoms with Gasteiger partial charge in [-0.1, -0.05) is 18.2 Å². The first-order valence-corrected chi connectivity index (χ1v) is 4.79. The van der Waals surface area contributed by atoms with Crippen LogP contribution in [-0.2, 0) is 12.6 Å². The van der Waals surface area contributed by atoms with Crippen LogP contribution in [0.15, 0.2) is 24.3 Å². The minimum Gasteiger partial charge on any atom is -0.390 e. The molecule has 1 rings (SSSR count). The van der Waals surface area contributed by atoms with Crippen molar-refractivity contribution in [1.82, 2.24) is 0 Å². The van der Waals surface area contributed by atoms with E-state index in [0.29, 0.717) is 0 Å². The Morgan fingerprint density at radius 1 is 1.31 bits per heavy atom. The van der Waals surface area contributed by atoms with E-state index in [1.165, 1.54) is 19.1 Å². The summed E-state index contributed by atoms with van der Waals surface area (Å²) in [5.41, 5.74) is -0.578. The molecule has 0 spiro atoms. The van der Waals surface area contributed by atoms with Gasteiger partial charge in [-0.25, -0.2) is 4.39 Å². The summed E-state index contributed by atoms with van der Waals surface area (Å²) >= 11 is 0. The second-order valence-electron chi connectivity index (χ2n) is 3.66. The molecular formula is C11H12F4O. The Bertz CT molecular complexity index is 346. The molecule has 5 heteroatoms. The maximum atomic E-state index is 13.1. The SMILES string of the molecule is CC(O)C(F)Cc1cccc(C(F)(F)F)c1. The van der Waals surface area contributed by atoms with Gasteiger partial charge in [0.2, 0.25) is 0 Å². The van der Waals surface area contributed by atoms with Gasteiger partial charge in [-0.15, -0.1) is 0 Å². The van der Waals surface area contributed by atoms with Gasteiger partial charge in [-0.2, -0.15) is 13.2 Å². The molecule has 2 atom stereocenters. The van der Waals surface area contributed by atoms with Crippen LogP contribution < -0.4 is 0 Å². The Labute approximate surface area is 90.7 Å². The molecule has 1 N–H and O–H groups in total. The zero-order valence-electron chi connectivity index (χ0n) is 8.63. The number of alkyl halides is 4. The van der Waals surface area contributed by atoms with Gasteiger partial charge in [0.25, 0.3) is 0 Å². The van der Waals surface area contributed by atoms with Crippen molar-refractivity contribution in [1.29, 1.82) is 0 Å². The lowest BCUT2D eigenvalue weighted by molar-refractivity contribution is -0.137. The van der Waals surface area contributed by atoms with Crippen LogP contribution in [0.3, 0.4) is 0 Å². The summed E-state index contributed by atoms with van der Waals surface area (Å²) in [5.74, 6) is 0.